The highest BCUT2D eigenvalue weighted by Gasteiger charge is 2.14. The predicted molar refractivity (Wildman–Crippen MR) is 113 cm³/mol. The molecule has 2 N–H and O–H groups in total. The van der Waals surface area contributed by atoms with Gasteiger partial charge in [-0.15, -0.1) is 0 Å². The Morgan fingerprint density at radius 1 is 0.724 bits per heavy atom. The molecule has 1 amide bonds. The standard InChI is InChI=1S/C23H18N4O2/c28-22(27-17-7-2-1-3-8-17)20-9-6-16-25-23(20)29-19-13-11-18(12-14-19)26-21-10-4-5-15-24-21/h1-16H,(H,24,26)(H,27,28). The number of amides is 1. The number of aromatic nitrogens is 2. The summed E-state index contributed by atoms with van der Waals surface area (Å²) in [6.45, 7) is 0. The molecule has 6 nitrogen and oxygen atoms in total. The first-order chi connectivity index (χ1) is 14.3. The Balaban J connectivity index is 1.47. The minimum atomic E-state index is -0.285. The van der Waals surface area contributed by atoms with Gasteiger partial charge in [0.15, 0.2) is 0 Å². The predicted octanol–water partition coefficient (Wildman–Crippen LogP) is 5.26. The van der Waals surface area contributed by atoms with Crippen LogP contribution in [0.15, 0.2) is 97.3 Å². The molecule has 0 saturated heterocycles. The second-order valence-corrected chi connectivity index (χ2v) is 6.14. The molecule has 4 aromatic rings. The minimum Gasteiger partial charge on any atom is -0.438 e. The fraction of sp³-hybridized carbons (Fsp3) is 0. The summed E-state index contributed by atoms with van der Waals surface area (Å²) in [6.07, 6.45) is 3.31. The summed E-state index contributed by atoms with van der Waals surface area (Å²) in [5, 5.41) is 6.05. The summed E-state index contributed by atoms with van der Waals surface area (Å²) in [5.41, 5.74) is 1.93. The van der Waals surface area contributed by atoms with Crippen LogP contribution in [0.3, 0.4) is 0 Å². The largest absolute Gasteiger partial charge is 0.438 e. The molecule has 0 aliphatic heterocycles. The van der Waals surface area contributed by atoms with Crippen LogP contribution < -0.4 is 15.4 Å². The van der Waals surface area contributed by atoms with Gasteiger partial charge < -0.3 is 15.4 Å². The van der Waals surface area contributed by atoms with Gasteiger partial charge in [0.25, 0.3) is 5.91 Å². The second-order valence-electron chi connectivity index (χ2n) is 6.14. The Morgan fingerprint density at radius 3 is 2.24 bits per heavy atom. The summed E-state index contributed by atoms with van der Waals surface area (Å²) >= 11 is 0. The van der Waals surface area contributed by atoms with Gasteiger partial charge in [-0.2, -0.15) is 0 Å². The lowest BCUT2D eigenvalue weighted by molar-refractivity contribution is 0.102. The molecular formula is C23H18N4O2. The molecular weight excluding hydrogens is 364 g/mol. The molecule has 29 heavy (non-hydrogen) atoms. The van der Waals surface area contributed by atoms with Gasteiger partial charge in [0.05, 0.1) is 0 Å². The molecule has 6 heteroatoms. The highest BCUT2D eigenvalue weighted by Crippen LogP contribution is 2.26. The van der Waals surface area contributed by atoms with E-state index in [1.165, 1.54) is 0 Å². The maximum atomic E-state index is 12.6. The number of ether oxygens (including phenoxy) is 1. The van der Waals surface area contributed by atoms with E-state index in [0.29, 0.717) is 17.0 Å². The zero-order valence-corrected chi connectivity index (χ0v) is 15.4. The molecule has 0 unspecified atom stereocenters. The Morgan fingerprint density at radius 2 is 1.48 bits per heavy atom. The van der Waals surface area contributed by atoms with Crippen LogP contribution in [0, 0.1) is 0 Å². The third-order valence-electron chi connectivity index (χ3n) is 4.05. The highest BCUT2D eigenvalue weighted by molar-refractivity contribution is 6.05. The van der Waals surface area contributed by atoms with Gasteiger partial charge in [-0.25, -0.2) is 9.97 Å². The first-order valence-electron chi connectivity index (χ1n) is 9.05. The molecule has 0 spiro atoms. The number of rotatable bonds is 6. The first kappa shape index (κ1) is 18.2. The molecule has 2 aromatic carbocycles. The number of nitrogens with one attached hydrogen (secondary N) is 2. The normalized spacial score (nSPS) is 10.2. The van der Waals surface area contributed by atoms with E-state index in [1.54, 1.807) is 36.7 Å². The van der Waals surface area contributed by atoms with E-state index in [2.05, 4.69) is 20.6 Å². The van der Waals surface area contributed by atoms with E-state index in [0.717, 1.165) is 11.5 Å². The van der Waals surface area contributed by atoms with Crippen LogP contribution in [-0.4, -0.2) is 15.9 Å². The van der Waals surface area contributed by atoms with Crippen molar-refractivity contribution in [3.8, 4) is 11.6 Å². The maximum absolute atomic E-state index is 12.6. The Bertz CT molecular complexity index is 1080. The highest BCUT2D eigenvalue weighted by atomic mass is 16.5. The molecule has 142 valence electrons. The number of benzene rings is 2. The number of hydrogen-bond donors (Lipinski definition) is 2. The average molecular weight is 382 g/mol. The lowest BCUT2D eigenvalue weighted by Crippen LogP contribution is -2.13. The van der Waals surface area contributed by atoms with Crippen LogP contribution in [0.25, 0.3) is 0 Å². The van der Waals surface area contributed by atoms with Crippen molar-refractivity contribution in [1.82, 2.24) is 9.97 Å². The van der Waals surface area contributed by atoms with Gasteiger partial charge in [-0.3, -0.25) is 4.79 Å². The second kappa shape index (κ2) is 8.67. The fourth-order valence-electron chi connectivity index (χ4n) is 2.67. The number of para-hydroxylation sites is 1. The Labute approximate surface area is 168 Å². The molecule has 0 bridgehead atoms. The third-order valence-corrected chi connectivity index (χ3v) is 4.05. The zero-order chi connectivity index (χ0) is 19.9. The van der Waals surface area contributed by atoms with E-state index in [-0.39, 0.29) is 11.8 Å². The van der Waals surface area contributed by atoms with Gasteiger partial charge in [0, 0.05) is 23.8 Å². The number of carbonyl (C=O) groups is 1. The Kier molecular flexibility index (Phi) is 5.43. The molecule has 0 atom stereocenters. The summed E-state index contributed by atoms with van der Waals surface area (Å²) < 4.78 is 5.86. The number of anilines is 3. The van der Waals surface area contributed by atoms with Gasteiger partial charge in [-0.1, -0.05) is 24.3 Å². The molecule has 0 saturated carbocycles. The molecule has 0 aliphatic rings. The van der Waals surface area contributed by atoms with Crippen molar-refractivity contribution in [1.29, 1.82) is 0 Å². The van der Waals surface area contributed by atoms with Gasteiger partial charge in [-0.05, 0) is 60.7 Å². The number of pyridine rings is 2. The van der Waals surface area contributed by atoms with Crippen molar-refractivity contribution in [3.63, 3.8) is 0 Å². The summed E-state index contributed by atoms with van der Waals surface area (Å²) in [5.74, 6) is 1.29. The van der Waals surface area contributed by atoms with E-state index >= 15 is 0 Å². The van der Waals surface area contributed by atoms with Gasteiger partial charge in [0.2, 0.25) is 5.88 Å². The van der Waals surface area contributed by atoms with Crippen molar-refractivity contribution in [3.05, 3.63) is 103 Å². The third kappa shape index (κ3) is 4.75. The molecule has 0 fully saturated rings. The van der Waals surface area contributed by atoms with Crippen LogP contribution in [0.5, 0.6) is 11.6 Å². The van der Waals surface area contributed by atoms with Crippen LogP contribution in [0.2, 0.25) is 0 Å². The zero-order valence-electron chi connectivity index (χ0n) is 15.4. The number of hydrogen-bond acceptors (Lipinski definition) is 5. The minimum absolute atomic E-state index is 0.242. The molecule has 4 rings (SSSR count). The van der Waals surface area contributed by atoms with Crippen molar-refractivity contribution >= 4 is 23.1 Å². The van der Waals surface area contributed by atoms with Crippen LogP contribution >= 0.6 is 0 Å². The van der Waals surface area contributed by atoms with E-state index < -0.39 is 0 Å². The van der Waals surface area contributed by atoms with Gasteiger partial charge in [0.1, 0.15) is 17.1 Å². The molecule has 2 aromatic heterocycles. The van der Waals surface area contributed by atoms with Crippen molar-refractivity contribution in [2.45, 2.75) is 0 Å². The summed E-state index contributed by atoms with van der Waals surface area (Å²) in [7, 11) is 0. The van der Waals surface area contributed by atoms with Crippen molar-refractivity contribution in [2.24, 2.45) is 0 Å². The van der Waals surface area contributed by atoms with E-state index in [4.69, 9.17) is 4.74 Å². The lowest BCUT2D eigenvalue weighted by Gasteiger charge is -2.11. The fourth-order valence-corrected chi connectivity index (χ4v) is 2.67. The SMILES string of the molecule is O=C(Nc1ccccc1)c1cccnc1Oc1ccc(Nc2ccccn2)cc1. The number of nitrogens with zero attached hydrogens (tertiary/aromatic N) is 2. The topological polar surface area (TPSA) is 76.1 Å². The monoisotopic (exact) mass is 382 g/mol. The van der Waals surface area contributed by atoms with Crippen molar-refractivity contribution in [2.75, 3.05) is 10.6 Å². The van der Waals surface area contributed by atoms with E-state index in [1.807, 2.05) is 60.7 Å². The molecule has 0 radical (unpaired) electrons. The summed E-state index contributed by atoms with van der Waals surface area (Å²) in [6, 6.07) is 25.6. The summed E-state index contributed by atoms with van der Waals surface area (Å²) in [4.78, 5) is 21.1. The Hall–Kier alpha value is -4.19. The average Bonchev–Trinajstić information content (AvgIpc) is 2.77. The van der Waals surface area contributed by atoms with Crippen LogP contribution in [0.1, 0.15) is 10.4 Å². The molecule has 2 heterocycles. The molecule has 0 aliphatic carbocycles. The maximum Gasteiger partial charge on any atom is 0.261 e. The number of carbonyl (C=O) groups excluding carboxylic acids is 1. The van der Waals surface area contributed by atoms with Gasteiger partial charge >= 0.3 is 0 Å². The van der Waals surface area contributed by atoms with Crippen molar-refractivity contribution < 1.29 is 9.53 Å². The lowest BCUT2D eigenvalue weighted by atomic mass is 10.2. The van der Waals surface area contributed by atoms with Crippen LogP contribution in [-0.2, 0) is 0 Å². The first-order valence-corrected chi connectivity index (χ1v) is 9.05. The quantitative estimate of drug-likeness (QED) is 0.475. The smallest absolute Gasteiger partial charge is 0.261 e. The van der Waals surface area contributed by atoms with E-state index in [9.17, 15) is 4.79 Å². The van der Waals surface area contributed by atoms with Crippen LogP contribution in [0.4, 0.5) is 17.2 Å².